The molecular formula is C19H15Cl3N2O2. The van der Waals surface area contributed by atoms with Crippen LogP contribution in [0.1, 0.15) is 21.6 Å². The number of nitrogens with zero attached hydrogens (tertiary/aromatic N) is 1. The molecule has 1 heterocycles. The summed E-state index contributed by atoms with van der Waals surface area (Å²) in [6, 6.07) is 10.3. The molecule has 7 heteroatoms. The van der Waals surface area contributed by atoms with Crippen molar-refractivity contribution >= 4 is 57.3 Å². The third-order valence-corrected chi connectivity index (χ3v) is 5.04. The zero-order valence-corrected chi connectivity index (χ0v) is 16.3. The number of benzene rings is 2. The Balaban J connectivity index is 2.08. The number of nitrogens with one attached hydrogen (secondary N) is 1. The van der Waals surface area contributed by atoms with Gasteiger partial charge in [-0.1, -0.05) is 53.0 Å². The summed E-state index contributed by atoms with van der Waals surface area (Å²) in [6.07, 6.45) is 0. The number of carbonyl (C=O) groups excluding carboxylic acids is 1. The van der Waals surface area contributed by atoms with Crippen LogP contribution in [-0.2, 0) is 11.3 Å². The molecule has 3 aromatic rings. The lowest BCUT2D eigenvalue weighted by molar-refractivity contribution is 0.102. The lowest BCUT2D eigenvalue weighted by Gasteiger charge is -2.14. The predicted octanol–water partition coefficient (Wildman–Crippen LogP) is 5.90. The van der Waals surface area contributed by atoms with Crippen LogP contribution in [0.4, 0.5) is 5.69 Å². The molecular weight excluding hydrogens is 395 g/mol. The highest BCUT2D eigenvalue weighted by Gasteiger charge is 2.18. The molecule has 0 aliphatic carbocycles. The smallest absolute Gasteiger partial charge is 0.258 e. The van der Waals surface area contributed by atoms with E-state index in [0.29, 0.717) is 22.8 Å². The third kappa shape index (κ3) is 3.51. The molecule has 3 rings (SSSR count). The predicted molar refractivity (Wildman–Crippen MR) is 107 cm³/mol. The molecule has 0 radical (unpaired) electrons. The minimum Gasteiger partial charge on any atom is -0.380 e. The van der Waals surface area contributed by atoms with E-state index in [0.717, 1.165) is 16.6 Å². The number of ether oxygens (including phenoxy) is 1. The lowest BCUT2D eigenvalue weighted by atomic mass is 10.1. The van der Waals surface area contributed by atoms with Gasteiger partial charge < -0.3 is 10.1 Å². The van der Waals surface area contributed by atoms with Crippen LogP contribution in [-0.4, -0.2) is 18.0 Å². The Morgan fingerprint density at radius 1 is 1.12 bits per heavy atom. The molecule has 0 bridgehead atoms. The van der Waals surface area contributed by atoms with Crippen molar-refractivity contribution in [1.82, 2.24) is 4.98 Å². The number of anilines is 1. The van der Waals surface area contributed by atoms with Crippen molar-refractivity contribution in [2.45, 2.75) is 13.5 Å². The van der Waals surface area contributed by atoms with Crippen LogP contribution in [0, 0.1) is 6.92 Å². The fourth-order valence-corrected chi connectivity index (χ4v) is 3.62. The van der Waals surface area contributed by atoms with Crippen molar-refractivity contribution in [1.29, 1.82) is 0 Å². The largest absolute Gasteiger partial charge is 0.380 e. The minimum absolute atomic E-state index is 0.214. The average molecular weight is 410 g/mol. The molecule has 0 aliphatic rings. The van der Waals surface area contributed by atoms with Gasteiger partial charge in [0.15, 0.2) is 0 Å². The van der Waals surface area contributed by atoms with Gasteiger partial charge in [-0.05, 0) is 25.1 Å². The summed E-state index contributed by atoms with van der Waals surface area (Å²) in [7, 11) is 1.60. The van der Waals surface area contributed by atoms with Crippen LogP contribution in [0.5, 0.6) is 0 Å². The molecule has 4 nitrogen and oxygen atoms in total. The third-order valence-electron chi connectivity index (χ3n) is 3.98. The molecule has 134 valence electrons. The first-order chi connectivity index (χ1) is 12.4. The van der Waals surface area contributed by atoms with Gasteiger partial charge >= 0.3 is 0 Å². The molecule has 0 saturated heterocycles. The van der Waals surface area contributed by atoms with E-state index in [4.69, 9.17) is 39.5 Å². The van der Waals surface area contributed by atoms with Gasteiger partial charge in [0, 0.05) is 23.8 Å². The maximum absolute atomic E-state index is 12.7. The molecule has 26 heavy (non-hydrogen) atoms. The minimum atomic E-state index is -0.412. The molecule has 0 saturated carbocycles. The fourth-order valence-electron chi connectivity index (χ4n) is 2.71. The van der Waals surface area contributed by atoms with Crippen LogP contribution < -0.4 is 5.32 Å². The zero-order chi connectivity index (χ0) is 18.8. The molecule has 0 unspecified atom stereocenters. The summed E-state index contributed by atoms with van der Waals surface area (Å²) in [5.41, 5.74) is 2.89. The number of para-hydroxylation sites is 1. The van der Waals surface area contributed by atoms with Crippen LogP contribution in [0.15, 0.2) is 36.4 Å². The molecule has 1 aromatic heterocycles. The standard InChI is InChI=1S/C19H15Cl3N2O2/c1-10-12(9-26-2)17(22)11-5-3-8-15(18(11)23-10)24-19(25)16-13(20)6-4-7-14(16)21/h3-8H,9H2,1-2H3,(H,24,25). The highest BCUT2D eigenvalue weighted by molar-refractivity contribution is 6.40. The number of aromatic nitrogens is 1. The number of hydrogen-bond donors (Lipinski definition) is 1. The quantitative estimate of drug-likeness (QED) is 0.583. The van der Waals surface area contributed by atoms with Gasteiger partial charge in [-0.25, -0.2) is 0 Å². The van der Waals surface area contributed by atoms with E-state index in [2.05, 4.69) is 10.3 Å². The van der Waals surface area contributed by atoms with E-state index in [1.807, 2.05) is 13.0 Å². The molecule has 0 spiro atoms. The summed E-state index contributed by atoms with van der Waals surface area (Å²) in [5.74, 6) is -0.412. The van der Waals surface area contributed by atoms with Gasteiger partial charge in [-0.15, -0.1) is 0 Å². The molecule has 0 fully saturated rings. The van der Waals surface area contributed by atoms with Crippen LogP contribution in [0.25, 0.3) is 10.9 Å². The van der Waals surface area contributed by atoms with Gasteiger partial charge in [-0.2, -0.15) is 0 Å². The normalized spacial score (nSPS) is 11.0. The van der Waals surface area contributed by atoms with E-state index in [1.54, 1.807) is 37.4 Å². The van der Waals surface area contributed by atoms with Crippen molar-refractivity contribution in [2.24, 2.45) is 0 Å². The topological polar surface area (TPSA) is 51.2 Å². The van der Waals surface area contributed by atoms with Crippen LogP contribution in [0.2, 0.25) is 15.1 Å². The number of hydrogen-bond acceptors (Lipinski definition) is 3. The van der Waals surface area contributed by atoms with E-state index in [1.165, 1.54) is 0 Å². The zero-order valence-electron chi connectivity index (χ0n) is 14.1. The van der Waals surface area contributed by atoms with Crippen molar-refractivity contribution in [2.75, 3.05) is 12.4 Å². The second-order valence-corrected chi connectivity index (χ2v) is 6.87. The summed E-state index contributed by atoms with van der Waals surface area (Å²) in [4.78, 5) is 17.3. The first-order valence-corrected chi connectivity index (χ1v) is 8.89. The Labute approximate surface area is 166 Å². The highest BCUT2D eigenvalue weighted by Crippen LogP contribution is 2.33. The first-order valence-electron chi connectivity index (χ1n) is 7.76. The maximum atomic E-state index is 12.7. The van der Waals surface area contributed by atoms with Gasteiger partial charge in [0.2, 0.25) is 0 Å². The van der Waals surface area contributed by atoms with Crippen LogP contribution >= 0.6 is 34.8 Å². The maximum Gasteiger partial charge on any atom is 0.258 e. The van der Waals surface area contributed by atoms with E-state index >= 15 is 0 Å². The molecule has 1 N–H and O–H groups in total. The van der Waals surface area contributed by atoms with Crippen LogP contribution in [0.3, 0.4) is 0 Å². The van der Waals surface area contributed by atoms with Gasteiger partial charge in [0.1, 0.15) is 0 Å². The molecule has 2 aromatic carbocycles. The number of pyridine rings is 1. The Morgan fingerprint density at radius 2 is 1.77 bits per heavy atom. The van der Waals surface area contributed by atoms with Crippen molar-refractivity contribution in [3.8, 4) is 0 Å². The summed E-state index contributed by atoms with van der Waals surface area (Å²) >= 11 is 18.8. The summed E-state index contributed by atoms with van der Waals surface area (Å²) in [5, 5.41) is 4.67. The SMILES string of the molecule is COCc1c(C)nc2c(NC(=O)c3c(Cl)cccc3Cl)cccc2c1Cl. The number of carbonyl (C=O) groups is 1. The number of amides is 1. The number of aryl methyl sites for hydroxylation is 1. The number of methoxy groups -OCH3 is 1. The second-order valence-electron chi connectivity index (χ2n) is 5.68. The Kier molecular flexibility index (Phi) is 5.68. The van der Waals surface area contributed by atoms with Crippen molar-refractivity contribution < 1.29 is 9.53 Å². The fraction of sp³-hybridized carbons (Fsp3) is 0.158. The average Bonchev–Trinajstić information content (AvgIpc) is 2.59. The highest BCUT2D eigenvalue weighted by atomic mass is 35.5. The van der Waals surface area contributed by atoms with Gasteiger partial charge in [0.05, 0.1) is 38.4 Å². The first kappa shape index (κ1) is 18.9. The molecule has 0 atom stereocenters. The van der Waals surface area contributed by atoms with Gasteiger partial charge in [-0.3, -0.25) is 9.78 Å². The van der Waals surface area contributed by atoms with Crippen molar-refractivity contribution in [3.63, 3.8) is 0 Å². The number of halogens is 3. The van der Waals surface area contributed by atoms with Crippen molar-refractivity contribution in [3.05, 3.63) is 68.3 Å². The molecule has 0 aliphatic heterocycles. The summed E-state index contributed by atoms with van der Waals surface area (Å²) in [6.45, 7) is 2.21. The second kappa shape index (κ2) is 7.80. The number of fused-ring (bicyclic) bond motifs is 1. The summed E-state index contributed by atoms with van der Waals surface area (Å²) < 4.78 is 5.19. The van der Waals surface area contributed by atoms with E-state index in [-0.39, 0.29) is 15.6 Å². The number of rotatable bonds is 4. The van der Waals surface area contributed by atoms with Gasteiger partial charge in [0.25, 0.3) is 5.91 Å². The lowest BCUT2D eigenvalue weighted by Crippen LogP contribution is -2.14. The molecule has 1 amide bonds. The monoisotopic (exact) mass is 408 g/mol. The van der Waals surface area contributed by atoms with E-state index < -0.39 is 5.91 Å². The Bertz CT molecular complexity index is 985. The Hall–Kier alpha value is -1.85. The van der Waals surface area contributed by atoms with E-state index in [9.17, 15) is 4.79 Å². The Morgan fingerprint density at radius 3 is 2.42 bits per heavy atom.